The Morgan fingerprint density at radius 2 is 1.56 bits per heavy atom. The lowest BCUT2D eigenvalue weighted by molar-refractivity contribution is 0.585. The van der Waals surface area contributed by atoms with Crippen LogP contribution in [0.15, 0.2) is 79.3 Å². The highest BCUT2D eigenvalue weighted by Crippen LogP contribution is 2.23. The Balaban J connectivity index is 1.33. The van der Waals surface area contributed by atoms with Gasteiger partial charge in [0.05, 0.1) is 0 Å². The van der Waals surface area contributed by atoms with E-state index in [2.05, 4.69) is 46.4 Å². The van der Waals surface area contributed by atoms with Crippen molar-refractivity contribution in [2.75, 3.05) is 28.6 Å². The van der Waals surface area contributed by atoms with E-state index in [0.29, 0.717) is 24.7 Å². The van der Waals surface area contributed by atoms with E-state index in [0.717, 1.165) is 30.9 Å². The second-order valence-electron chi connectivity index (χ2n) is 7.19. The summed E-state index contributed by atoms with van der Waals surface area (Å²) >= 11 is -1.59. The minimum Gasteiger partial charge on any atom is -0.546 e. The molecule has 0 spiro atoms. The number of hydrogen-bond acceptors (Lipinski definition) is 8. The van der Waals surface area contributed by atoms with Crippen LogP contribution in [0.4, 0.5) is 17.5 Å². The van der Waals surface area contributed by atoms with Gasteiger partial charge in [0, 0.05) is 53.5 Å². The maximum absolute atomic E-state index is 11.8. The number of pyridine rings is 2. The first-order chi connectivity index (χ1) is 15.8. The Kier molecular flexibility index (Phi) is 7.56. The third kappa shape index (κ3) is 6.22. The van der Waals surface area contributed by atoms with Crippen molar-refractivity contribution in [2.24, 2.45) is 0 Å². The Morgan fingerprint density at radius 3 is 2.31 bits per heavy atom. The quantitative estimate of drug-likeness (QED) is 0.262. The lowest BCUT2D eigenvalue weighted by Crippen LogP contribution is -2.26. The number of nitrogens with one attached hydrogen (secondary N) is 2. The SMILES string of the molecule is [O-][s+]1nc(NCCCN(Cc2ccccc2)c2ccccn2)c(NCc2ccncc2)n1. The number of rotatable bonds is 11. The molecule has 3 aromatic heterocycles. The maximum Gasteiger partial charge on any atom is 0.233 e. The first-order valence-corrected chi connectivity index (χ1v) is 11.5. The van der Waals surface area contributed by atoms with Gasteiger partial charge in [-0.3, -0.25) is 4.98 Å². The molecule has 0 saturated carbocycles. The number of anilines is 3. The summed E-state index contributed by atoms with van der Waals surface area (Å²) in [6.07, 6.45) is 6.14. The topological polar surface area (TPSA) is 102 Å². The van der Waals surface area contributed by atoms with E-state index < -0.39 is 11.1 Å². The molecule has 0 bridgehead atoms. The van der Waals surface area contributed by atoms with Gasteiger partial charge >= 0.3 is 0 Å². The molecule has 0 radical (unpaired) electrons. The van der Waals surface area contributed by atoms with Crippen molar-refractivity contribution in [1.29, 1.82) is 0 Å². The molecular formula is C23H25N7OS. The summed E-state index contributed by atoms with van der Waals surface area (Å²) in [7, 11) is 0. The van der Waals surface area contributed by atoms with E-state index in [1.165, 1.54) is 5.56 Å². The molecule has 0 aliphatic rings. The minimum absolute atomic E-state index is 0.519. The predicted octanol–water partition coefficient (Wildman–Crippen LogP) is 4.12. The number of benzene rings is 1. The van der Waals surface area contributed by atoms with Crippen molar-refractivity contribution >= 4 is 28.6 Å². The van der Waals surface area contributed by atoms with E-state index in [-0.39, 0.29) is 0 Å². The van der Waals surface area contributed by atoms with Crippen LogP contribution in [-0.2, 0) is 13.1 Å². The summed E-state index contributed by atoms with van der Waals surface area (Å²) in [5, 5.41) is 6.48. The molecule has 0 saturated heterocycles. The van der Waals surface area contributed by atoms with Crippen LogP contribution in [0, 0.1) is 0 Å². The number of nitrogens with zero attached hydrogens (tertiary/aromatic N) is 5. The lowest BCUT2D eigenvalue weighted by Gasteiger charge is -2.24. The van der Waals surface area contributed by atoms with Crippen molar-refractivity contribution in [3.63, 3.8) is 0 Å². The van der Waals surface area contributed by atoms with Gasteiger partial charge in [0.1, 0.15) is 5.82 Å². The second kappa shape index (κ2) is 11.2. The summed E-state index contributed by atoms with van der Waals surface area (Å²) in [5.41, 5.74) is 2.29. The highest BCUT2D eigenvalue weighted by molar-refractivity contribution is 7.14. The molecular weight excluding hydrogens is 422 g/mol. The van der Waals surface area contributed by atoms with E-state index in [4.69, 9.17) is 0 Å². The molecule has 4 aromatic rings. The molecule has 4 rings (SSSR count). The summed E-state index contributed by atoms with van der Waals surface area (Å²) in [6, 6.07) is 20.1. The van der Waals surface area contributed by atoms with Gasteiger partial charge in [-0.2, -0.15) is 0 Å². The van der Waals surface area contributed by atoms with E-state index >= 15 is 0 Å². The van der Waals surface area contributed by atoms with Gasteiger partial charge in [0.2, 0.25) is 11.6 Å². The molecule has 32 heavy (non-hydrogen) atoms. The molecule has 0 amide bonds. The average molecular weight is 448 g/mol. The molecule has 3 heterocycles. The van der Waals surface area contributed by atoms with E-state index in [1.807, 2.05) is 54.7 Å². The molecule has 0 aliphatic carbocycles. The lowest BCUT2D eigenvalue weighted by atomic mass is 10.2. The van der Waals surface area contributed by atoms with Crippen molar-refractivity contribution in [1.82, 2.24) is 18.7 Å². The summed E-state index contributed by atoms with van der Waals surface area (Å²) < 4.78 is 20.0. The largest absolute Gasteiger partial charge is 0.546 e. The standard InChI is InChI=1S/C23H25N7OS/c31-32-28-22(23(29-32)27-17-19-10-14-24-15-11-19)26-13-6-16-30(21-9-4-5-12-25-21)18-20-7-2-1-3-8-20/h1-5,7-12,14-15H,6,13,16-18H2,(H,26,28)(H,27,29). The summed E-state index contributed by atoms with van der Waals surface area (Å²) in [4.78, 5) is 10.8. The van der Waals surface area contributed by atoms with Crippen LogP contribution >= 0.6 is 11.1 Å². The zero-order chi connectivity index (χ0) is 22.0. The van der Waals surface area contributed by atoms with Gasteiger partial charge in [-0.1, -0.05) is 36.4 Å². The Morgan fingerprint density at radius 1 is 0.812 bits per heavy atom. The van der Waals surface area contributed by atoms with Gasteiger partial charge in [-0.25, -0.2) is 4.98 Å². The minimum atomic E-state index is -1.59. The third-order valence-electron chi connectivity index (χ3n) is 4.86. The van der Waals surface area contributed by atoms with Crippen molar-refractivity contribution < 1.29 is 4.55 Å². The molecule has 2 N–H and O–H groups in total. The van der Waals surface area contributed by atoms with Crippen molar-refractivity contribution in [3.8, 4) is 0 Å². The first-order valence-electron chi connectivity index (χ1n) is 10.4. The van der Waals surface area contributed by atoms with Crippen LogP contribution in [0.5, 0.6) is 0 Å². The molecule has 9 heteroatoms. The van der Waals surface area contributed by atoms with Crippen LogP contribution in [0.1, 0.15) is 17.5 Å². The number of hydrogen-bond donors (Lipinski definition) is 2. The highest BCUT2D eigenvalue weighted by Gasteiger charge is 2.15. The monoisotopic (exact) mass is 447 g/mol. The van der Waals surface area contributed by atoms with Gasteiger partial charge in [-0.05, 0) is 41.8 Å². The Labute approximate surface area is 190 Å². The predicted molar refractivity (Wildman–Crippen MR) is 127 cm³/mol. The van der Waals surface area contributed by atoms with Crippen LogP contribution in [-0.4, -0.2) is 36.4 Å². The second-order valence-corrected chi connectivity index (χ2v) is 8.02. The molecule has 1 unspecified atom stereocenters. The fourth-order valence-electron chi connectivity index (χ4n) is 3.28. The highest BCUT2D eigenvalue weighted by atomic mass is 32.2. The van der Waals surface area contributed by atoms with E-state index in [9.17, 15) is 4.55 Å². The smallest absolute Gasteiger partial charge is 0.233 e. The maximum atomic E-state index is 11.8. The first kappa shape index (κ1) is 21.7. The zero-order valence-electron chi connectivity index (χ0n) is 17.6. The van der Waals surface area contributed by atoms with Crippen LogP contribution in [0.3, 0.4) is 0 Å². The number of aromatic nitrogens is 4. The fourth-order valence-corrected chi connectivity index (χ4v) is 3.93. The molecule has 0 fully saturated rings. The average Bonchev–Trinajstić information content (AvgIpc) is 3.20. The normalized spacial score (nSPS) is 11.2. The zero-order valence-corrected chi connectivity index (χ0v) is 18.4. The van der Waals surface area contributed by atoms with Crippen LogP contribution in [0.25, 0.3) is 0 Å². The molecule has 1 aromatic carbocycles. The molecule has 0 aliphatic heterocycles. The Bertz CT molecular complexity index is 1080. The van der Waals surface area contributed by atoms with Gasteiger partial charge in [0.25, 0.3) is 0 Å². The van der Waals surface area contributed by atoms with Gasteiger partial charge in [-0.15, -0.1) is 0 Å². The molecule has 1 atom stereocenters. The van der Waals surface area contributed by atoms with Gasteiger partial charge < -0.3 is 20.1 Å². The van der Waals surface area contributed by atoms with Crippen molar-refractivity contribution in [2.45, 2.75) is 19.5 Å². The third-order valence-corrected chi connectivity index (χ3v) is 5.54. The van der Waals surface area contributed by atoms with Crippen LogP contribution < -0.4 is 15.5 Å². The molecule has 8 nitrogen and oxygen atoms in total. The van der Waals surface area contributed by atoms with Crippen LogP contribution in [0.2, 0.25) is 0 Å². The molecule has 164 valence electrons. The van der Waals surface area contributed by atoms with E-state index in [1.54, 1.807) is 12.4 Å². The summed E-state index contributed by atoms with van der Waals surface area (Å²) in [6.45, 7) is 2.82. The van der Waals surface area contributed by atoms with Gasteiger partial charge in [0.15, 0.2) is 11.1 Å². The summed E-state index contributed by atoms with van der Waals surface area (Å²) in [5.74, 6) is 1.99. The fraction of sp³-hybridized carbons (Fsp3) is 0.217. The Hall–Kier alpha value is -3.56. The van der Waals surface area contributed by atoms with Crippen molar-refractivity contribution in [3.05, 3.63) is 90.4 Å².